The molecule has 0 aliphatic rings. The van der Waals surface area contributed by atoms with Gasteiger partial charge < -0.3 is 0 Å². The molecule has 2 aromatic carbocycles. The van der Waals surface area contributed by atoms with Crippen LogP contribution >= 0.6 is 0 Å². The van der Waals surface area contributed by atoms with Crippen LogP contribution in [0.1, 0.15) is 0 Å². The van der Waals surface area contributed by atoms with Crippen LogP contribution in [-0.2, 0) is 0 Å². The molecule has 0 bridgehead atoms. The van der Waals surface area contributed by atoms with Crippen molar-refractivity contribution in [2.45, 2.75) is 0 Å². The van der Waals surface area contributed by atoms with Crippen LogP contribution in [0.25, 0.3) is 0 Å². The molecule has 0 saturated heterocycles. The number of anilines is 1. The topological polar surface area (TPSA) is 49.1 Å². The normalized spacial score (nSPS) is 11.7. The van der Waals surface area contributed by atoms with Crippen LogP contribution in [0.5, 0.6) is 0 Å². The second kappa shape index (κ2) is 6.69. The first-order chi connectivity index (χ1) is 8.84. The molecule has 0 saturated carbocycles. The van der Waals surface area contributed by atoms with Gasteiger partial charge in [0.15, 0.2) is 0 Å². The van der Waals surface area contributed by atoms with Gasteiger partial charge in [-0.15, -0.1) is 0 Å². The summed E-state index contributed by atoms with van der Waals surface area (Å²) in [5.74, 6) is 0. The number of hydrogen-bond acceptors (Lipinski definition) is 3. The van der Waals surface area contributed by atoms with Gasteiger partial charge in [-0.05, 0) is 0 Å². The van der Waals surface area contributed by atoms with Crippen LogP contribution in [0.3, 0.4) is 0 Å². The summed E-state index contributed by atoms with van der Waals surface area (Å²) < 4.78 is 0.447. The molecule has 0 aliphatic carbocycles. The molecule has 89 valence electrons. The van der Waals surface area contributed by atoms with Gasteiger partial charge in [-0.3, -0.25) is 0 Å². The molecule has 2 aromatic rings. The van der Waals surface area contributed by atoms with E-state index in [4.69, 9.17) is 0 Å². The van der Waals surface area contributed by atoms with Gasteiger partial charge in [0, 0.05) is 0 Å². The predicted molar refractivity (Wildman–Crippen MR) is 74.2 cm³/mol. The fourth-order valence-corrected chi connectivity index (χ4v) is 1.42. The Labute approximate surface area is 114 Å². The van der Waals surface area contributed by atoms with Gasteiger partial charge in [-0.1, -0.05) is 0 Å². The first-order valence-electron chi connectivity index (χ1n) is 5.37. The number of hydrogen-bond donors (Lipinski definition) is 1. The van der Waals surface area contributed by atoms with E-state index < -0.39 is 0 Å². The van der Waals surface area contributed by atoms with Crippen LogP contribution in [0, 0.1) is 0 Å². The Kier molecular flexibility index (Phi) is 4.64. The van der Waals surface area contributed by atoms with Crippen LogP contribution in [0.15, 0.2) is 76.0 Å². The third kappa shape index (κ3) is 4.12. The van der Waals surface area contributed by atoms with Gasteiger partial charge in [0.25, 0.3) is 0 Å². The van der Waals surface area contributed by atoms with E-state index in [1.165, 1.54) is 0 Å². The van der Waals surface area contributed by atoms with Gasteiger partial charge >= 0.3 is 114 Å². The zero-order valence-corrected chi connectivity index (χ0v) is 11.2. The molecular weight excluding hydrogens is 291 g/mol. The van der Waals surface area contributed by atoms with Gasteiger partial charge in [0.1, 0.15) is 0 Å². The van der Waals surface area contributed by atoms with E-state index in [0.29, 0.717) is 4.73 Å². The van der Waals surface area contributed by atoms with Crippen LogP contribution in [0.4, 0.5) is 11.4 Å². The Morgan fingerprint density at radius 2 is 1.50 bits per heavy atom. The fourth-order valence-electron chi connectivity index (χ4n) is 1.24. The maximum absolute atomic E-state index is 4.06. The predicted octanol–water partition coefficient (Wildman–Crippen LogP) is 3.32. The van der Waals surface area contributed by atoms with Crippen LogP contribution in [-0.4, -0.2) is 20.7 Å². The number of hydrazone groups is 1. The Hall–Kier alpha value is -1.97. The average Bonchev–Trinajstić information content (AvgIpc) is 2.45. The molecule has 18 heavy (non-hydrogen) atoms. The summed E-state index contributed by atoms with van der Waals surface area (Å²) in [6.07, 6.45) is 0. The van der Waals surface area contributed by atoms with Crippen molar-refractivity contribution in [3.05, 3.63) is 60.7 Å². The van der Waals surface area contributed by atoms with E-state index in [1.54, 1.807) is 0 Å². The molecule has 0 unspecified atom stereocenters. The van der Waals surface area contributed by atoms with E-state index in [2.05, 4.69) is 36.8 Å². The van der Waals surface area contributed by atoms with Crippen molar-refractivity contribution in [1.29, 1.82) is 0 Å². The minimum atomic E-state index is 0.447. The van der Waals surface area contributed by atoms with E-state index in [1.807, 2.05) is 60.7 Å². The summed E-state index contributed by atoms with van der Waals surface area (Å²) in [4.78, 5) is 0. The number of benzene rings is 2. The zero-order valence-electron chi connectivity index (χ0n) is 9.52. The monoisotopic (exact) mass is 303 g/mol. The Morgan fingerprint density at radius 3 is 2.17 bits per heavy atom. The Morgan fingerprint density at radius 1 is 0.889 bits per heavy atom. The average molecular weight is 302 g/mol. The molecule has 0 aliphatic heterocycles. The van der Waals surface area contributed by atoms with Crippen molar-refractivity contribution in [1.82, 2.24) is 0 Å². The maximum atomic E-state index is 4.06. The van der Waals surface area contributed by atoms with Gasteiger partial charge in [-0.2, -0.15) is 0 Å². The second-order valence-electron chi connectivity index (χ2n) is 3.41. The summed E-state index contributed by atoms with van der Waals surface area (Å²) >= 11 is 2.74. The first kappa shape index (κ1) is 12.5. The Bertz CT molecular complexity index is 537. The number of amidine groups is 1. The number of nitrogens with zero attached hydrogens (tertiary/aromatic N) is 3. The standard InChI is InChI=1S/C13H11N4Se/c18-13(16-14-11-7-3-1-4-8-11)17-15-12-9-5-2-6-10-12/h1-10,14H/b16-13-,17-15?. The van der Waals surface area contributed by atoms with Crippen molar-refractivity contribution >= 4 is 32.1 Å². The van der Waals surface area contributed by atoms with Crippen molar-refractivity contribution < 1.29 is 0 Å². The van der Waals surface area contributed by atoms with Crippen molar-refractivity contribution in [3.8, 4) is 0 Å². The summed E-state index contributed by atoms with van der Waals surface area (Å²) in [5, 5.41) is 12.1. The van der Waals surface area contributed by atoms with Crippen molar-refractivity contribution in [3.63, 3.8) is 0 Å². The van der Waals surface area contributed by atoms with E-state index in [0.717, 1.165) is 11.4 Å². The SMILES string of the molecule is [Se]/C(N=Nc1ccccc1)=N\Nc1ccccc1. The number of para-hydroxylation sites is 1. The number of nitrogens with one attached hydrogen (secondary N) is 1. The Balaban J connectivity index is 1.96. The molecule has 4 nitrogen and oxygen atoms in total. The molecular formula is C13H11N4Se. The molecule has 0 atom stereocenters. The number of rotatable bonds is 3. The van der Waals surface area contributed by atoms with E-state index in [9.17, 15) is 0 Å². The number of azo groups is 1. The molecule has 1 N–H and O–H groups in total. The minimum absolute atomic E-state index is 0.447. The second-order valence-corrected chi connectivity index (χ2v) is 4.17. The molecule has 0 aromatic heterocycles. The van der Waals surface area contributed by atoms with Crippen molar-refractivity contribution in [2.75, 3.05) is 5.43 Å². The third-order valence-corrected chi connectivity index (χ3v) is 2.42. The molecule has 0 heterocycles. The molecule has 1 radical (unpaired) electrons. The van der Waals surface area contributed by atoms with Gasteiger partial charge in [0.05, 0.1) is 0 Å². The summed E-state index contributed by atoms with van der Waals surface area (Å²) in [6, 6.07) is 19.2. The van der Waals surface area contributed by atoms with Gasteiger partial charge in [0.2, 0.25) is 0 Å². The molecule has 0 spiro atoms. The van der Waals surface area contributed by atoms with E-state index >= 15 is 0 Å². The summed E-state index contributed by atoms with van der Waals surface area (Å²) in [5.41, 5.74) is 4.58. The third-order valence-electron chi connectivity index (χ3n) is 2.06. The zero-order chi connectivity index (χ0) is 12.6. The van der Waals surface area contributed by atoms with E-state index in [-0.39, 0.29) is 0 Å². The van der Waals surface area contributed by atoms with Crippen LogP contribution < -0.4 is 5.43 Å². The van der Waals surface area contributed by atoms with Gasteiger partial charge in [-0.25, -0.2) is 0 Å². The summed E-state index contributed by atoms with van der Waals surface area (Å²) in [6.45, 7) is 0. The fraction of sp³-hybridized carbons (Fsp3) is 0. The molecule has 5 heteroatoms. The molecule has 2 rings (SSSR count). The van der Waals surface area contributed by atoms with Crippen molar-refractivity contribution in [2.24, 2.45) is 15.3 Å². The quantitative estimate of drug-likeness (QED) is 0.305. The molecule has 0 amide bonds. The van der Waals surface area contributed by atoms with Crippen LogP contribution in [0.2, 0.25) is 0 Å². The molecule has 0 fully saturated rings. The summed E-state index contributed by atoms with van der Waals surface area (Å²) in [7, 11) is 0. The first-order valence-corrected chi connectivity index (χ1v) is 6.23.